The third-order valence-electron chi connectivity index (χ3n) is 2.85. The molecule has 0 amide bonds. The minimum Gasteiger partial charge on any atom is -0.505 e. The molecule has 0 unspecified atom stereocenters. The number of hydrogen-bond acceptors (Lipinski definition) is 6. The minimum atomic E-state index is -0.736. The van der Waals surface area contributed by atoms with Gasteiger partial charge in [-0.15, -0.1) is 11.3 Å². The highest BCUT2D eigenvalue weighted by Gasteiger charge is 2.16. The normalized spacial score (nSPS) is 10.9. The molecule has 0 atom stereocenters. The van der Waals surface area contributed by atoms with E-state index in [1.54, 1.807) is 0 Å². The molecular formula is C13H10FN3O2S. The quantitative estimate of drug-likeness (QED) is 0.757. The highest BCUT2D eigenvalue weighted by molar-refractivity contribution is 7.14. The van der Waals surface area contributed by atoms with Gasteiger partial charge in [-0.2, -0.15) is 4.98 Å². The van der Waals surface area contributed by atoms with Crippen molar-refractivity contribution >= 4 is 17.0 Å². The van der Waals surface area contributed by atoms with Crippen LogP contribution in [0.1, 0.15) is 5.56 Å². The van der Waals surface area contributed by atoms with Gasteiger partial charge in [0.2, 0.25) is 5.82 Å². The maximum Gasteiger partial charge on any atom is 0.270 e. The molecule has 0 saturated heterocycles. The fourth-order valence-electron chi connectivity index (χ4n) is 1.70. The van der Waals surface area contributed by atoms with E-state index in [1.807, 2.05) is 12.3 Å². The van der Waals surface area contributed by atoms with Crippen molar-refractivity contribution in [3.8, 4) is 27.9 Å². The van der Waals surface area contributed by atoms with Crippen molar-refractivity contribution in [2.24, 2.45) is 0 Å². The number of phenolic OH excluding ortho intramolecular Hbond substituents is 1. The topological polar surface area (TPSA) is 85.2 Å². The Morgan fingerprint density at radius 3 is 2.85 bits per heavy atom. The molecule has 3 aromatic rings. The lowest BCUT2D eigenvalue weighted by atomic mass is 10.2. The van der Waals surface area contributed by atoms with Gasteiger partial charge in [0.05, 0.1) is 5.69 Å². The largest absolute Gasteiger partial charge is 0.505 e. The van der Waals surface area contributed by atoms with Crippen LogP contribution < -0.4 is 5.73 Å². The Balaban J connectivity index is 2.01. The van der Waals surface area contributed by atoms with Crippen LogP contribution in [0.15, 0.2) is 28.1 Å². The Kier molecular flexibility index (Phi) is 2.90. The second kappa shape index (κ2) is 4.61. The molecule has 7 heteroatoms. The number of aromatic nitrogens is 2. The molecule has 2 heterocycles. The van der Waals surface area contributed by atoms with Crippen LogP contribution in [0.25, 0.3) is 22.2 Å². The standard InChI is InChI=1S/C13H10FN3O2S/c1-6-5-20-11(10(6)15)13-16-12(17-19-13)7-2-3-9(18)8(14)4-7/h2-5,18H,15H2,1H3. The van der Waals surface area contributed by atoms with Crippen LogP contribution in [0.4, 0.5) is 10.1 Å². The number of phenols is 1. The second-order valence-electron chi connectivity index (χ2n) is 4.25. The van der Waals surface area contributed by atoms with Gasteiger partial charge in [-0.1, -0.05) is 5.16 Å². The van der Waals surface area contributed by atoms with Crippen LogP contribution in [0.5, 0.6) is 5.75 Å². The third kappa shape index (κ3) is 2.01. The van der Waals surface area contributed by atoms with Gasteiger partial charge in [-0.25, -0.2) is 4.39 Å². The zero-order valence-electron chi connectivity index (χ0n) is 10.4. The highest BCUT2D eigenvalue weighted by Crippen LogP contribution is 2.34. The van der Waals surface area contributed by atoms with E-state index in [0.717, 1.165) is 11.6 Å². The molecule has 5 nitrogen and oxygen atoms in total. The summed E-state index contributed by atoms with van der Waals surface area (Å²) in [5, 5.41) is 14.9. The summed E-state index contributed by atoms with van der Waals surface area (Å²) in [6.45, 7) is 1.89. The van der Waals surface area contributed by atoms with Gasteiger partial charge in [-0.3, -0.25) is 0 Å². The molecule has 102 valence electrons. The van der Waals surface area contributed by atoms with Crippen LogP contribution >= 0.6 is 11.3 Å². The number of aryl methyl sites for hydroxylation is 1. The van der Waals surface area contributed by atoms with Gasteiger partial charge in [0.15, 0.2) is 11.6 Å². The number of benzene rings is 1. The van der Waals surface area contributed by atoms with Crippen molar-refractivity contribution in [3.63, 3.8) is 0 Å². The van der Waals surface area contributed by atoms with E-state index < -0.39 is 11.6 Å². The summed E-state index contributed by atoms with van der Waals surface area (Å²) < 4.78 is 18.5. The van der Waals surface area contributed by atoms with Crippen LogP contribution in [-0.4, -0.2) is 15.2 Å². The van der Waals surface area contributed by atoms with Crippen molar-refractivity contribution in [2.45, 2.75) is 6.92 Å². The minimum absolute atomic E-state index is 0.240. The van der Waals surface area contributed by atoms with Gasteiger partial charge in [0.25, 0.3) is 5.89 Å². The number of halogens is 1. The van der Waals surface area contributed by atoms with Gasteiger partial charge in [0.1, 0.15) is 4.88 Å². The lowest BCUT2D eigenvalue weighted by Crippen LogP contribution is -1.87. The number of thiophene rings is 1. The predicted molar refractivity (Wildman–Crippen MR) is 73.8 cm³/mol. The predicted octanol–water partition coefficient (Wildman–Crippen LogP) is 3.20. The van der Waals surface area contributed by atoms with Crippen LogP contribution in [0.3, 0.4) is 0 Å². The molecule has 20 heavy (non-hydrogen) atoms. The van der Waals surface area contributed by atoms with Crippen LogP contribution in [0, 0.1) is 12.7 Å². The zero-order chi connectivity index (χ0) is 14.3. The average molecular weight is 291 g/mol. The zero-order valence-corrected chi connectivity index (χ0v) is 11.2. The number of nitrogens with two attached hydrogens (primary N) is 1. The summed E-state index contributed by atoms with van der Waals surface area (Å²) in [6, 6.07) is 3.90. The molecule has 2 aromatic heterocycles. The molecule has 0 radical (unpaired) electrons. The Hall–Kier alpha value is -2.41. The Bertz CT molecular complexity index is 782. The number of aromatic hydroxyl groups is 1. The molecule has 0 aliphatic heterocycles. The summed E-state index contributed by atoms with van der Waals surface area (Å²) >= 11 is 1.41. The first kappa shape index (κ1) is 12.6. The molecule has 3 N–H and O–H groups in total. The third-order valence-corrected chi connectivity index (χ3v) is 3.95. The fourth-order valence-corrected chi connectivity index (χ4v) is 2.59. The fraction of sp³-hybridized carbons (Fsp3) is 0.0769. The Morgan fingerprint density at radius 2 is 2.20 bits per heavy atom. The van der Waals surface area contributed by atoms with Crippen molar-refractivity contribution in [1.29, 1.82) is 0 Å². The molecule has 3 rings (SSSR count). The van der Waals surface area contributed by atoms with Gasteiger partial charge in [0, 0.05) is 5.56 Å². The first-order chi connectivity index (χ1) is 9.56. The maximum atomic E-state index is 13.3. The van der Waals surface area contributed by atoms with E-state index in [2.05, 4.69) is 10.1 Å². The lowest BCUT2D eigenvalue weighted by Gasteiger charge is -1.96. The second-order valence-corrected chi connectivity index (χ2v) is 5.13. The van der Waals surface area contributed by atoms with Gasteiger partial charge >= 0.3 is 0 Å². The van der Waals surface area contributed by atoms with Crippen molar-refractivity contribution in [1.82, 2.24) is 10.1 Å². The Labute approximate surface area is 117 Å². The molecule has 0 bridgehead atoms. The number of anilines is 1. The van der Waals surface area contributed by atoms with E-state index in [1.165, 1.54) is 23.5 Å². The summed E-state index contributed by atoms with van der Waals surface area (Å²) in [4.78, 5) is 4.89. The first-order valence-corrected chi connectivity index (χ1v) is 6.60. The van der Waals surface area contributed by atoms with Crippen molar-refractivity contribution < 1.29 is 14.0 Å². The number of rotatable bonds is 2. The monoisotopic (exact) mass is 291 g/mol. The average Bonchev–Trinajstić information content (AvgIpc) is 3.02. The van der Waals surface area contributed by atoms with Crippen LogP contribution in [0.2, 0.25) is 0 Å². The molecule has 0 aliphatic rings. The summed E-state index contributed by atoms with van der Waals surface area (Å²) in [5.74, 6) is -0.621. The summed E-state index contributed by atoms with van der Waals surface area (Å²) in [5.41, 5.74) is 7.88. The van der Waals surface area contributed by atoms with Crippen LogP contribution in [-0.2, 0) is 0 Å². The maximum absolute atomic E-state index is 13.3. The SMILES string of the molecule is Cc1csc(-c2nc(-c3ccc(O)c(F)c3)no2)c1N. The molecule has 1 aromatic carbocycles. The summed E-state index contributed by atoms with van der Waals surface area (Å²) in [7, 11) is 0. The number of nitrogens with zero attached hydrogens (tertiary/aromatic N) is 2. The number of nitrogen functional groups attached to an aromatic ring is 1. The van der Waals surface area contributed by atoms with E-state index in [4.69, 9.17) is 15.4 Å². The lowest BCUT2D eigenvalue weighted by molar-refractivity contribution is 0.430. The van der Waals surface area contributed by atoms with E-state index in [9.17, 15) is 4.39 Å². The van der Waals surface area contributed by atoms with E-state index >= 15 is 0 Å². The van der Waals surface area contributed by atoms with E-state index in [-0.39, 0.29) is 5.82 Å². The van der Waals surface area contributed by atoms with Gasteiger partial charge in [-0.05, 0) is 36.1 Å². The smallest absolute Gasteiger partial charge is 0.270 e. The highest BCUT2D eigenvalue weighted by atomic mass is 32.1. The molecule has 0 fully saturated rings. The first-order valence-electron chi connectivity index (χ1n) is 5.73. The summed E-state index contributed by atoms with van der Waals surface area (Å²) in [6.07, 6.45) is 0. The molecule has 0 saturated carbocycles. The van der Waals surface area contributed by atoms with Crippen molar-refractivity contribution in [3.05, 3.63) is 35.0 Å². The van der Waals surface area contributed by atoms with Gasteiger partial charge < -0.3 is 15.4 Å². The Morgan fingerprint density at radius 1 is 1.40 bits per heavy atom. The molecule has 0 aliphatic carbocycles. The number of hydrogen-bond donors (Lipinski definition) is 2. The van der Waals surface area contributed by atoms with Crippen molar-refractivity contribution in [2.75, 3.05) is 5.73 Å². The molecule has 0 spiro atoms. The van der Waals surface area contributed by atoms with E-state index in [0.29, 0.717) is 22.0 Å². The molecular weight excluding hydrogens is 281 g/mol.